The smallest absolute Gasteiger partial charge is 0.253 e. The lowest BCUT2D eigenvalue weighted by Crippen LogP contribution is -2.26. The summed E-state index contributed by atoms with van der Waals surface area (Å²) < 4.78 is 0. The van der Waals surface area contributed by atoms with Crippen LogP contribution in [-0.4, -0.2) is 5.91 Å². The van der Waals surface area contributed by atoms with Gasteiger partial charge in [-0.25, -0.2) is 0 Å². The van der Waals surface area contributed by atoms with Gasteiger partial charge in [-0.2, -0.15) is 0 Å². The number of thiophene rings is 1. The number of amides is 1. The summed E-state index contributed by atoms with van der Waals surface area (Å²) in [4.78, 5) is 13.2. The maximum atomic E-state index is 12.1. The first kappa shape index (κ1) is 12.6. The topological polar surface area (TPSA) is 55.1 Å². The molecule has 0 radical (unpaired) electrons. The van der Waals surface area contributed by atoms with E-state index in [-0.39, 0.29) is 11.9 Å². The van der Waals surface area contributed by atoms with Gasteiger partial charge in [-0.1, -0.05) is 12.1 Å². The minimum atomic E-state index is -0.131. The van der Waals surface area contributed by atoms with Gasteiger partial charge in [-0.15, -0.1) is 11.3 Å². The fourth-order valence-corrected chi connectivity index (χ4v) is 2.51. The Kier molecular flexibility index (Phi) is 3.67. The molecule has 0 aliphatic rings. The quantitative estimate of drug-likeness (QED) is 0.833. The lowest BCUT2D eigenvalue weighted by molar-refractivity contribution is 0.0941. The Bertz CT molecular complexity index is 549. The van der Waals surface area contributed by atoms with Crippen molar-refractivity contribution in [3.05, 3.63) is 51.7 Å². The highest BCUT2D eigenvalue weighted by Gasteiger charge is 2.14. The molecule has 94 valence electrons. The van der Waals surface area contributed by atoms with Gasteiger partial charge in [0.1, 0.15) is 0 Å². The molecule has 2 rings (SSSR count). The van der Waals surface area contributed by atoms with Crippen molar-refractivity contribution >= 4 is 22.9 Å². The third-order valence-electron chi connectivity index (χ3n) is 2.77. The highest BCUT2D eigenvalue weighted by molar-refractivity contribution is 7.10. The monoisotopic (exact) mass is 260 g/mol. The predicted molar refractivity (Wildman–Crippen MR) is 75.8 cm³/mol. The summed E-state index contributed by atoms with van der Waals surface area (Å²) >= 11 is 1.63. The zero-order valence-electron chi connectivity index (χ0n) is 10.4. The number of hydrogen-bond donors (Lipinski definition) is 2. The summed E-state index contributed by atoms with van der Waals surface area (Å²) in [7, 11) is 0. The maximum Gasteiger partial charge on any atom is 0.253 e. The number of rotatable bonds is 3. The molecule has 0 aliphatic heterocycles. The van der Waals surface area contributed by atoms with Crippen LogP contribution in [0.2, 0.25) is 0 Å². The van der Waals surface area contributed by atoms with Crippen LogP contribution in [-0.2, 0) is 0 Å². The lowest BCUT2D eigenvalue weighted by atomic mass is 10.1. The summed E-state index contributed by atoms with van der Waals surface area (Å²) in [5.74, 6) is -0.131. The number of carbonyl (C=O) groups is 1. The van der Waals surface area contributed by atoms with Crippen molar-refractivity contribution < 1.29 is 4.79 Å². The van der Waals surface area contributed by atoms with Crippen LogP contribution in [0, 0.1) is 6.92 Å². The number of anilines is 1. The van der Waals surface area contributed by atoms with E-state index in [0.29, 0.717) is 11.3 Å². The van der Waals surface area contributed by atoms with Gasteiger partial charge in [0.15, 0.2) is 0 Å². The molecule has 0 saturated heterocycles. The Morgan fingerprint density at radius 3 is 2.78 bits per heavy atom. The Balaban J connectivity index is 2.12. The summed E-state index contributed by atoms with van der Waals surface area (Å²) in [6.45, 7) is 3.92. The number of nitrogens with one attached hydrogen (secondary N) is 1. The van der Waals surface area contributed by atoms with Crippen LogP contribution in [0.15, 0.2) is 35.7 Å². The van der Waals surface area contributed by atoms with Crippen molar-refractivity contribution in [1.82, 2.24) is 5.32 Å². The zero-order valence-corrected chi connectivity index (χ0v) is 11.3. The van der Waals surface area contributed by atoms with Crippen LogP contribution < -0.4 is 11.1 Å². The molecule has 0 fully saturated rings. The molecule has 0 saturated carbocycles. The van der Waals surface area contributed by atoms with Gasteiger partial charge in [-0.3, -0.25) is 4.79 Å². The minimum absolute atomic E-state index is 0.00166. The molecule has 1 unspecified atom stereocenters. The van der Waals surface area contributed by atoms with Gasteiger partial charge in [0.05, 0.1) is 11.6 Å². The first-order valence-corrected chi connectivity index (χ1v) is 6.66. The molecule has 1 amide bonds. The van der Waals surface area contributed by atoms with Crippen LogP contribution in [0.5, 0.6) is 0 Å². The summed E-state index contributed by atoms with van der Waals surface area (Å²) in [5.41, 5.74) is 7.96. The normalized spacial score (nSPS) is 12.1. The molecule has 0 aliphatic carbocycles. The Morgan fingerprint density at radius 2 is 2.17 bits per heavy atom. The molecule has 0 bridgehead atoms. The minimum Gasteiger partial charge on any atom is -0.398 e. The first-order chi connectivity index (χ1) is 8.58. The molecular weight excluding hydrogens is 244 g/mol. The van der Waals surface area contributed by atoms with E-state index < -0.39 is 0 Å². The SMILES string of the molecule is Cc1ccc(C(=O)NC(C)c2cccs2)c(N)c1. The van der Waals surface area contributed by atoms with Crippen molar-refractivity contribution in [3.8, 4) is 0 Å². The Morgan fingerprint density at radius 1 is 1.39 bits per heavy atom. The standard InChI is InChI=1S/C14H16N2OS/c1-9-5-6-11(12(15)8-9)14(17)16-10(2)13-4-3-7-18-13/h3-8,10H,15H2,1-2H3,(H,16,17). The number of aryl methyl sites for hydroxylation is 1. The fourth-order valence-electron chi connectivity index (χ4n) is 1.77. The molecule has 18 heavy (non-hydrogen) atoms. The highest BCUT2D eigenvalue weighted by atomic mass is 32.1. The average Bonchev–Trinajstić information content (AvgIpc) is 2.81. The summed E-state index contributed by atoms with van der Waals surface area (Å²) in [5, 5.41) is 4.95. The summed E-state index contributed by atoms with van der Waals surface area (Å²) in [6.07, 6.45) is 0. The van der Waals surface area contributed by atoms with Gasteiger partial charge in [-0.05, 0) is 43.0 Å². The zero-order chi connectivity index (χ0) is 13.1. The van der Waals surface area contributed by atoms with Crippen LogP contribution in [0.4, 0.5) is 5.69 Å². The number of carbonyl (C=O) groups excluding carboxylic acids is 1. The van der Waals surface area contributed by atoms with E-state index in [1.807, 2.05) is 43.5 Å². The molecule has 1 heterocycles. The molecule has 3 N–H and O–H groups in total. The molecule has 1 aromatic carbocycles. The number of nitrogens with two attached hydrogens (primary N) is 1. The number of benzene rings is 1. The third kappa shape index (κ3) is 2.71. The van der Waals surface area contributed by atoms with Crippen molar-refractivity contribution in [3.63, 3.8) is 0 Å². The van der Waals surface area contributed by atoms with Crippen molar-refractivity contribution in [2.24, 2.45) is 0 Å². The van der Waals surface area contributed by atoms with Crippen LogP contribution in [0.3, 0.4) is 0 Å². The van der Waals surface area contributed by atoms with Crippen molar-refractivity contribution in [2.75, 3.05) is 5.73 Å². The molecule has 1 aromatic heterocycles. The second-order valence-electron chi connectivity index (χ2n) is 4.30. The van der Waals surface area contributed by atoms with E-state index in [1.54, 1.807) is 17.4 Å². The fraction of sp³-hybridized carbons (Fsp3) is 0.214. The molecule has 3 nitrogen and oxygen atoms in total. The summed E-state index contributed by atoms with van der Waals surface area (Å²) in [6, 6.07) is 9.45. The maximum absolute atomic E-state index is 12.1. The Labute approximate surface area is 111 Å². The first-order valence-electron chi connectivity index (χ1n) is 5.78. The largest absolute Gasteiger partial charge is 0.398 e. The van der Waals surface area contributed by atoms with Crippen molar-refractivity contribution in [2.45, 2.75) is 19.9 Å². The van der Waals surface area contributed by atoms with Gasteiger partial charge >= 0.3 is 0 Å². The van der Waals surface area contributed by atoms with Crippen molar-refractivity contribution in [1.29, 1.82) is 0 Å². The van der Waals surface area contributed by atoms with E-state index in [0.717, 1.165) is 10.4 Å². The van der Waals surface area contributed by atoms with E-state index >= 15 is 0 Å². The number of nitrogen functional groups attached to an aromatic ring is 1. The molecule has 0 spiro atoms. The lowest BCUT2D eigenvalue weighted by Gasteiger charge is -2.13. The highest BCUT2D eigenvalue weighted by Crippen LogP contribution is 2.20. The van der Waals surface area contributed by atoms with Gasteiger partial charge < -0.3 is 11.1 Å². The Hall–Kier alpha value is -1.81. The average molecular weight is 260 g/mol. The van der Waals surface area contributed by atoms with Crippen LogP contribution in [0.25, 0.3) is 0 Å². The second-order valence-corrected chi connectivity index (χ2v) is 5.28. The number of hydrogen-bond acceptors (Lipinski definition) is 3. The van der Waals surface area contributed by atoms with E-state index in [9.17, 15) is 4.79 Å². The predicted octanol–water partition coefficient (Wildman–Crippen LogP) is 3.13. The van der Waals surface area contributed by atoms with E-state index in [4.69, 9.17) is 5.73 Å². The molecule has 4 heteroatoms. The van der Waals surface area contributed by atoms with Gasteiger partial charge in [0.2, 0.25) is 0 Å². The van der Waals surface area contributed by atoms with Gasteiger partial charge in [0.25, 0.3) is 5.91 Å². The molecule has 2 aromatic rings. The van der Waals surface area contributed by atoms with Gasteiger partial charge in [0, 0.05) is 10.6 Å². The molecular formula is C14H16N2OS. The van der Waals surface area contributed by atoms with Crippen LogP contribution >= 0.6 is 11.3 Å². The van der Waals surface area contributed by atoms with E-state index in [2.05, 4.69) is 5.32 Å². The van der Waals surface area contributed by atoms with Crippen LogP contribution in [0.1, 0.15) is 33.8 Å². The third-order valence-corrected chi connectivity index (χ3v) is 3.82. The van der Waals surface area contributed by atoms with E-state index in [1.165, 1.54) is 0 Å². The second kappa shape index (κ2) is 5.23. The molecule has 1 atom stereocenters.